The number of hydrogen-bond acceptors (Lipinski definition) is 7. The lowest BCUT2D eigenvalue weighted by molar-refractivity contribution is 0.107. The van der Waals surface area contributed by atoms with Crippen molar-refractivity contribution in [2.24, 2.45) is 0 Å². The summed E-state index contributed by atoms with van der Waals surface area (Å²) in [6.07, 6.45) is 3.05. The zero-order valence-corrected chi connectivity index (χ0v) is 22.8. The standard InChI is InChI=1S/C30H30F3N5O4/c1-16-11-30(7-2-8-37(30)12-16)15-42-28-34-26-21(10-23(32)24(25(26)33)20-9-19(39)5-6-22(20)31)27(35-28)36-13-17-3-4-18(14-36)38(17)29(40)41/h5-6,9-10,17-18,39H,1-4,7-8,11-15H2,(H,40,41)/t17-,18+,30?. The molecule has 220 valence electrons. The number of benzene rings is 2. The molecule has 2 N–H and O–H groups in total. The Morgan fingerprint density at radius 3 is 2.62 bits per heavy atom. The van der Waals surface area contributed by atoms with Gasteiger partial charge >= 0.3 is 12.1 Å². The lowest BCUT2D eigenvalue weighted by Crippen LogP contribution is -2.55. The normalized spacial score (nSPS) is 25.5. The van der Waals surface area contributed by atoms with Crippen LogP contribution in [0.2, 0.25) is 0 Å². The van der Waals surface area contributed by atoms with Gasteiger partial charge in [-0.15, -0.1) is 0 Å². The van der Waals surface area contributed by atoms with Crippen molar-refractivity contribution in [2.45, 2.75) is 49.7 Å². The van der Waals surface area contributed by atoms with Gasteiger partial charge < -0.3 is 19.8 Å². The Bertz CT molecular complexity index is 1620. The summed E-state index contributed by atoms with van der Waals surface area (Å²) in [4.78, 5) is 26.5. The summed E-state index contributed by atoms with van der Waals surface area (Å²) in [7, 11) is 0. The van der Waals surface area contributed by atoms with Gasteiger partial charge in [0.25, 0.3) is 0 Å². The van der Waals surface area contributed by atoms with Gasteiger partial charge in [0.05, 0.1) is 23.2 Å². The van der Waals surface area contributed by atoms with Crippen molar-refractivity contribution < 1.29 is 32.9 Å². The van der Waals surface area contributed by atoms with E-state index in [1.807, 2.05) is 4.90 Å². The van der Waals surface area contributed by atoms with Crippen molar-refractivity contribution in [3.8, 4) is 22.9 Å². The fourth-order valence-corrected chi connectivity index (χ4v) is 7.45. The molecule has 0 saturated carbocycles. The molecule has 3 atom stereocenters. The molecule has 1 unspecified atom stereocenters. The largest absolute Gasteiger partial charge is 0.508 e. The molecule has 0 radical (unpaired) electrons. The number of phenolic OH excluding ortho intramolecular Hbond substituents is 1. The number of fused-ring (bicyclic) bond motifs is 4. The lowest BCUT2D eigenvalue weighted by atomic mass is 9.94. The first kappa shape index (κ1) is 26.8. The van der Waals surface area contributed by atoms with Crippen LogP contribution in [0.4, 0.5) is 23.8 Å². The second kappa shape index (κ2) is 9.75. The molecule has 9 nitrogen and oxygen atoms in total. The van der Waals surface area contributed by atoms with Crippen LogP contribution in [0.5, 0.6) is 11.8 Å². The number of carbonyl (C=O) groups is 1. The summed E-state index contributed by atoms with van der Waals surface area (Å²) in [5, 5.41) is 19.7. The molecule has 0 aliphatic carbocycles. The average Bonchev–Trinajstić information content (AvgIpc) is 3.56. The van der Waals surface area contributed by atoms with Gasteiger partial charge in [0.1, 0.15) is 35.3 Å². The van der Waals surface area contributed by atoms with Gasteiger partial charge in [0.2, 0.25) is 0 Å². The summed E-state index contributed by atoms with van der Waals surface area (Å²) < 4.78 is 52.7. The maximum atomic E-state index is 16.2. The summed E-state index contributed by atoms with van der Waals surface area (Å²) in [6, 6.07) is 3.38. The highest BCUT2D eigenvalue weighted by Crippen LogP contribution is 2.42. The van der Waals surface area contributed by atoms with Crippen LogP contribution in [0, 0.1) is 17.5 Å². The number of halogens is 3. The number of aromatic nitrogens is 2. The van der Waals surface area contributed by atoms with E-state index in [9.17, 15) is 19.4 Å². The summed E-state index contributed by atoms with van der Waals surface area (Å²) in [5.74, 6) is -3.17. The summed E-state index contributed by atoms with van der Waals surface area (Å²) in [6.45, 7) is 6.70. The maximum Gasteiger partial charge on any atom is 0.407 e. The number of amides is 1. The topological polar surface area (TPSA) is 102 Å². The van der Waals surface area contributed by atoms with Gasteiger partial charge in [-0.25, -0.2) is 18.0 Å². The molecule has 0 spiro atoms. The van der Waals surface area contributed by atoms with Crippen molar-refractivity contribution in [3.63, 3.8) is 0 Å². The molecule has 5 heterocycles. The zero-order valence-electron chi connectivity index (χ0n) is 22.8. The van der Waals surface area contributed by atoms with Crippen LogP contribution in [-0.4, -0.2) is 86.5 Å². The first-order valence-corrected chi connectivity index (χ1v) is 14.1. The highest BCUT2D eigenvalue weighted by molar-refractivity contribution is 5.94. The molecule has 4 fully saturated rings. The van der Waals surface area contributed by atoms with Crippen LogP contribution >= 0.6 is 0 Å². The van der Waals surface area contributed by atoms with Crippen LogP contribution < -0.4 is 9.64 Å². The fraction of sp³-hybridized carbons (Fsp3) is 0.433. The number of nitrogens with zero attached hydrogens (tertiary/aromatic N) is 5. The van der Waals surface area contributed by atoms with E-state index in [-0.39, 0.29) is 65.8 Å². The molecule has 1 aromatic heterocycles. The van der Waals surface area contributed by atoms with Gasteiger partial charge in [0, 0.05) is 30.6 Å². The predicted octanol–water partition coefficient (Wildman–Crippen LogP) is 4.92. The zero-order chi connectivity index (χ0) is 29.3. The van der Waals surface area contributed by atoms with Crippen LogP contribution in [0.1, 0.15) is 32.1 Å². The van der Waals surface area contributed by atoms with Gasteiger partial charge in [0.15, 0.2) is 5.82 Å². The molecule has 2 bridgehead atoms. The predicted molar refractivity (Wildman–Crippen MR) is 148 cm³/mol. The van der Waals surface area contributed by atoms with E-state index in [4.69, 9.17) is 4.74 Å². The molecule has 2 aromatic carbocycles. The van der Waals surface area contributed by atoms with Gasteiger partial charge in [-0.2, -0.15) is 9.97 Å². The molecule has 4 saturated heterocycles. The minimum atomic E-state index is -1.11. The lowest BCUT2D eigenvalue weighted by Gasteiger charge is -2.40. The Hall–Kier alpha value is -4.06. The number of rotatable bonds is 5. The van der Waals surface area contributed by atoms with E-state index in [0.717, 1.165) is 62.2 Å². The first-order chi connectivity index (χ1) is 20.1. The number of phenols is 1. The van der Waals surface area contributed by atoms with E-state index in [1.165, 1.54) is 4.90 Å². The van der Waals surface area contributed by atoms with Gasteiger partial charge in [-0.1, -0.05) is 12.2 Å². The van der Waals surface area contributed by atoms with Gasteiger partial charge in [-0.05, 0) is 62.9 Å². The number of aromatic hydroxyl groups is 1. The van der Waals surface area contributed by atoms with Gasteiger partial charge in [-0.3, -0.25) is 9.80 Å². The minimum Gasteiger partial charge on any atom is -0.508 e. The summed E-state index contributed by atoms with van der Waals surface area (Å²) >= 11 is 0. The van der Waals surface area contributed by atoms with Crippen molar-refractivity contribution in [2.75, 3.05) is 37.7 Å². The highest BCUT2D eigenvalue weighted by Gasteiger charge is 2.47. The number of hydrogen-bond donors (Lipinski definition) is 2. The third kappa shape index (κ3) is 4.22. The maximum absolute atomic E-state index is 16.2. The average molecular weight is 582 g/mol. The third-order valence-corrected chi connectivity index (χ3v) is 9.27. The number of ether oxygens (including phenoxy) is 1. The van der Waals surface area contributed by atoms with Crippen molar-refractivity contribution in [1.82, 2.24) is 19.8 Å². The summed E-state index contributed by atoms with van der Waals surface area (Å²) in [5.41, 5.74) is -0.482. The van der Waals surface area contributed by atoms with Crippen LogP contribution in [0.25, 0.3) is 22.0 Å². The SMILES string of the molecule is C=C1CN2CCCC2(COc2nc(N3C[C@H]4CC[C@@H](C3)N4C(=O)O)c3cc(F)c(-c4cc(O)ccc4F)c(F)c3n2)C1. The van der Waals surface area contributed by atoms with Crippen LogP contribution in [0.3, 0.4) is 0 Å². The Balaban J connectivity index is 1.34. The second-order valence-electron chi connectivity index (χ2n) is 11.9. The number of carboxylic acid groups (broad SMARTS) is 1. The molecular weight excluding hydrogens is 551 g/mol. The molecule has 4 aliphatic rings. The van der Waals surface area contributed by atoms with Crippen molar-refractivity contribution in [3.05, 3.63) is 53.9 Å². The molecule has 1 amide bonds. The molecule has 12 heteroatoms. The van der Waals surface area contributed by atoms with E-state index >= 15 is 8.78 Å². The second-order valence-corrected chi connectivity index (χ2v) is 11.9. The monoisotopic (exact) mass is 581 g/mol. The fourth-order valence-electron chi connectivity index (χ4n) is 7.45. The molecule has 4 aliphatic heterocycles. The van der Waals surface area contributed by atoms with E-state index in [2.05, 4.69) is 21.4 Å². The molecule has 7 rings (SSSR count). The van der Waals surface area contributed by atoms with E-state index < -0.39 is 34.7 Å². The number of piperazine rings is 1. The highest BCUT2D eigenvalue weighted by atomic mass is 19.1. The Kier molecular flexibility index (Phi) is 6.23. The number of anilines is 1. The van der Waals surface area contributed by atoms with E-state index in [1.54, 1.807) is 0 Å². The molecule has 3 aromatic rings. The first-order valence-electron chi connectivity index (χ1n) is 14.1. The quantitative estimate of drug-likeness (QED) is 0.410. The molecular formula is C30H30F3N5O4. The Morgan fingerprint density at radius 2 is 1.88 bits per heavy atom. The van der Waals surface area contributed by atoms with Crippen LogP contribution in [0.15, 0.2) is 36.4 Å². The van der Waals surface area contributed by atoms with Crippen molar-refractivity contribution >= 4 is 22.8 Å². The Morgan fingerprint density at radius 1 is 1.12 bits per heavy atom. The van der Waals surface area contributed by atoms with Crippen molar-refractivity contribution in [1.29, 1.82) is 0 Å². The minimum absolute atomic E-state index is 0.0692. The smallest absolute Gasteiger partial charge is 0.407 e. The van der Waals surface area contributed by atoms with E-state index in [0.29, 0.717) is 12.8 Å². The third-order valence-electron chi connectivity index (χ3n) is 9.27. The Labute approximate surface area is 239 Å². The van der Waals surface area contributed by atoms with Crippen LogP contribution in [-0.2, 0) is 0 Å². The molecule has 42 heavy (non-hydrogen) atoms.